The number of rotatable bonds is 4. The molecule has 27 heavy (non-hydrogen) atoms. The minimum atomic E-state index is -0.970. The molecule has 0 aliphatic rings. The van der Waals surface area contributed by atoms with E-state index >= 15 is 0 Å². The van der Waals surface area contributed by atoms with E-state index < -0.39 is 24.1 Å². The number of nitrogens with one attached hydrogen (secondary N) is 1. The molecule has 0 bridgehead atoms. The molecule has 0 radical (unpaired) electrons. The van der Waals surface area contributed by atoms with E-state index in [0.717, 1.165) is 0 Å². The van der Waals surface area contributed by atoms with Crippen LogP contribution in [0.2, 0.25) is 5.02 Å². The highest BCUT2D eigenvalue weighted by Crippen LogP contribution is 2.20. The van der Waals surface area contributed by atoms with Gasteiger partial charge in [-0.1, -0.05) is 29.8 Å². The summed E-state index contributed by atoms with van der Waals surface area (Å²) in [6.45, 7) is -0.608. The zero-order valence-corrected chi connectivity index (χ0v) is 14.4. The quantitative estimate of drug-likeness (QED) is 0.548. The Morgan fingerprint density at radius 2 is 1.96 bits per heavy atom. The van der Waals surface area contributed by atoms with Gasteiger partial charge in [-0.05, 0) is 30.3 Å². The number of ether oxygens (including phenoxy) is 1. The van der Waals surface area contributed by atoms with Crippen molar-refractivity contribution in [3.63, 3.8) is 0 Å². The molecule has 0 unspecified atom stereocenters. The Morgan fingerprint density at radius 1 is 1.19 bits per heavy atom. The first kappa shape index (κ1) is 18.2. The third-order valence-corrected chi connectivity index (χ3v) is 3.88. The fourth-order valence-electron chi connectivity index (χ4n) is 2.29. The maximum atomic E-state index is 12.1. The van der Waals surface area contributed by atoms with Gasteiger partial charge in [-0.3, -0.25) is 4.79 Å². The third-order valence-electron chi connectivity index (χ3n) is 3.57. The van der Waals surface area contributed by atoms with E-state index in [9.17, 15) is 14.4 Å². The molecule has 0 saturated heterocycles. The number of halogens is 1. The molecule has 0 aliphatic heterocycles. The molecular formula is C19H11ClN2O5. The van der Waals surface area contributed by atoms with Gasteiger partial charge < -0.3 is 14.5 Å². The van der Waals surface area contributed by atoms with Crippen LogP contribution in [0.4, 0.5) is 5.69 Å². The molecule has 1 heterocycles. The number of esters is 1. The summed E-state index contributed by atoms with van der Waals surface area (Å²) in [6.07, 6.45) is 0. The molecule has 1 amide bonds. The number of carbonyl (C=O) groups excluding carboxylic acids is 2. The molecule has 0 saturated carbocycles. The molecule has 0 fully saturated rings. The smallest absolute Gasteiger partial charge is 0.351 e. The first-order valence-electron chi connectivity index (χ1n) is 7.67. The average molecular weight is 383 g/mol. The number of hydrogen-bond donors (Lipinski definition) is 1. The summed E-state index contributed by atoms with van der Waals surface area (Å²) in [5.74, 6) is -1.60. The summed E-state index contributed by atoms with van der Waals surface area (Å²) in [5.41, 5.74) is -0.204. The third kappa shape index (κ3) is 4.14. The molecule has 1 N–H and O–H groups in total. The standard InChI is InChI=1S/C19H11ClN2O5/c20-15-8-13(6-5-12(15)9-21)22-17(23)10-26-18(24)14-7-11-3-1-2-4-16(11)27-19(14)25/h1-8H,10H2,(H,22,23). The van der Waals surface area contributed by atoms with E-state index in [1.54, 1.807) is 24.3 Å². The van der Waals surface area contributed by atoms with Crippen molar-refractivity contribution in [3.8, 4) is 6.07 Å². The molecule has 1 aromatic heterocycles. The lowest BCUT2D eigenvalue weighted by Gasteiger charge is -2.07. The van der Waals surface area contributed by atoms with Gasteiger partial charge in [0, 0.05) is 11.1 Å². The lowest BCUT2D eigenvalue weighted by Crippen LogP contribution is -2.23. The van der Waals surface area contributed by atoms with E-state index in [0.29, 0.717) is 16.7 Å². The molecule has 0 aliphatic carbocycles. The predicted molar refractivity (Wildman–Crippen MR) is 97.6 cm³/mol. The van der Waals surface area contributed by atoms with Crippen molar-refractivity contribution >= 4 is 40.1 Å². The fourth-order valence-corrected chi connectivity index (χ4v) is 2.52. The van der Waals surface area contributed by atoms with Crippen LogP contribution in [0, 0.1) is 11.3 Å². The molecule has 134 valence electrons. The molecule has 0 spiro atoms. The van der Waals surface area contributed by atoms with Crippen molar-refractivity contribution in [2.45, 2.75) is 0 Å². The van der Waals surface area contributed by atoms with Gasteiger partial charge in [0.2, 0.25) is 0 Å². The largest absolute Gasteiger partial charge is 0.452 e. The van der Waals surface area contributed by atoms with Crippen LogP contribution in [0.15, 0.2) is 57.7 Å². The van der Waals surface area contributed by atoms with Crippen molar-refractivity contribution in [1.82, 2.24) is 0 Å². The van der Waals surface area contributed by atoms with Gasteiger partial charge in [0.25, 0.3) is 5.91 Å². The number of anilines is 1. The number of nitriles is 1. The number of nitrogens with zero attached hydrogens (tertiary/aromatic N) is 1. The van der Waals surface area contributed by atoms with Crippen LogP contribution in [0.25, 0.3) is 11.0 Å². The van der Waals surface area contributed by atoms with Crippen LogP contribution in [-0.2, 0) is 9.53 Å². The highest BCUT2D eigenvalue weighted by atomic mass is 35.5. The van der Waals surface area contributed by atoms with Crippen molar-refractivity contribution in [2.75, 3.05) is 11.9 Å². The second kappa shape index (κ2) is 7.72. The van der Waals surface area contributed by atoms with E-state index in [1.165, 1.54) is 24.3 Å². The summed E-state index contributed by atoms with van der Waals surface area (Å²) in [7, 11) is 0. The van der Waals surface area contributed by atoms with Gasteiger partial charge in [-0.2, -0.15) is 5.26 Å². The van der Waals surface area contributed by atoms with Gasteiger partial charge in [0.05, 0.1) is 10.6 Å². The van der Waals surface area contributed by atoms with Gasteiger partial charge in [-0.25, -0.2) is 9.59 Å². The molecule has 7 nitrogen and oxygen atoms in total. The average Bonchev–Trinajstić information content (AvgIpc) is 2.65. The lowest BCUT2D eigenvalue weighted by atomic mass is 10.2. The van der Waals surface area contributed by atoms with E-state index in [4.69, 9.17) is 26.0 Å². The van der Waals surface area contributed by atoms with Crippen LogP contribution < -0.4 is 10.9 Å². The molecular weight excluding hydrogens is 372 g/mol. The van der Waals surface area contributed by atoms with E-state index in [-0.39, 0.29) is 16.1 Å². The highest BCUT2D eigenvalue weighted by molar-refractivity contribution is 6.32. The van der Waals surface area contributed by atoms with Crippen molar-refractivity contribution in [3.05, 3.63) is 75.1 Å². The predicted octanol–water partition coefficient (Wildman–Crippen LogP) is 3.11. The Hall–Kier alpha value is -3.63. The first-order chi connectivity index (χ1) is 13.0. The number of fused-ring (bicyclic) bond motifs is 1. The van der Waals surface area contributed by atoms with Crippen LogP contribution in [0.3, 0.4) is 0 Å². The molecule has 3 rings (SSSR count). The van der Waals surface area contributed by atoms with Crippen molar-refractivity contribution in [2.24, 2.45) is 0 Å². The monoisotopic (exact) mass is 382 g/mol. The lowest BCUT2D eigenvalue weighted by molar-refractivity contribution is -0.119. The summed E-state index contributed by atoms with van der Waals surface area (Å²) in [5, 5.41) is 12.0. The minimum absolute atomic E-state index is 0.182. The van der Waals surface area contributed by atoms with Gasteiger partial charge >= 0.3 is 11.6 Å². The van der Waals surface area contributed by atoms with Gasteiger partial charge in [-0.15, -0.1) is 0 Å². The summed E-state index contributed by atoms with van der Waals surface area (Å²) < 4.78 is 9.92. The Bertz CT molecular complexity index is 1150. The molecule has 3 aromatic rings. The van der Waals surface area contributed by atoms with Gasteiger partial charge in [0.15, 0.2) is 6.61 Å². The summed E-state index contributed by atoms with van der Waals surface area (Å²) in [6, 6.07) is 14.3. The second-order valence-electron chi connectivity index (χ2n) is 5.42. The minimum Gasteiger partial charge on any atom is -0.452 e. The van der Waals surface area contributed by atoms with Crippen LogP contribution in [-0.4, -0.2) is 18.5 Å². The Morgan fingerprint density at radius 3 is 2.70 bits per heavy atom. The highest BCUT2D eigenvalue weighted by Gasteiger charge is 2.17. The van der Waals surface area contributed by atoms with Crippen molar-refractivity contribution < 1.29 is 18.7 Å². The van der Waals surface area contributed by atoms with E-state index in [2.05, 4.69) is 5.32 Å². The maximum Gasteiger partial charge on any atom is 0.351 e. The number of benzene rings is 2. The fraction of sp³-hybridized carbons (Fsp3) is 0.0526. The normalized spacial score (nSPS) is 10.2. The second-order valence-corrected chi connectivity index (χ2v) is 5.82. The molecule has 2 aromatic carbocycles. The Labute approximate surface area is 157 Å². The van der Waals surface area contributed by atoms with Crippen LogP contribution >= 0.6 is 11.6 Å². The topological polar surface area (TPSA) is 109 Å². The molecule has 8 heteroatoms. The van der Waals surface area contributed by atoms with Gasteiger partial charge in [0.1, 0.15) is 17.2 Å². The zero-order valence-electron chi connectivity index (χ0n) is 13.7. The van der Waals surface area contributed by atoms with Crippen molar-refractivity contribution in [1.29, 1.82) is 5.26 Å². The van der Waals surface area contributed by atoms with Crippen LogP contribution in [0.5, 0.6) is 0 Å². The number of carbonyl (C=O) groups is 2. The number of para-hydroxylation sites is 1. The van der Waals surface area contributed by atoms with Crippen LogP contribution in [0.1, 0.15) is 15.9 Å². The molecule has 0 atom stereocenters. The summed E-state index contributed by atoms with van der Waals surface area (Å²) >= 11 is 5.88. The Kier molecular flexibility index (Phi) is 5.20. The Balaban J connectivity index is 1.66. The SMILES string of the molecule is N#Cc1ccc(NC(=O)COC(=O)c2cc3ccccc3oc2=O)cc1Cl. The van der Waals surface area contributed by atoms with E-state index in [1.807, 2.05) is 6.07 Å². The number of amides is 1. The maximum absolute atomic E-state index is 12.1. The first-order valence-corrected chi connectivity index (χ1v) is 8.05. The summed E-state index contributed by atoms with van der Waals surface area (Å²) in [4.78, 5) is 35.9. The number of hydrogen-bond acceptors (Lipinski definition) is 6. The zero-order chi connectivity index (χ0) is 19.4.